The van der Waals surface area contributed by atoms with Gasteiger partial charge in [0.05, 0.1) is 11.4 Å². The van der Waals surface area contributed by atoms with Crippen LogP contribution in [-0.4, -0.2) is 58.1 Å². The van der Waals surface area contributed by atoms with Gasteiger partial charge < -0.3 is 10.6 Å². The second-order valence-electron chi connectivity index (χ2n) is 5.77. The van der Waals surface area contributed by atoms with E-state index in [0.29, 0.717) is 11.4 Å². The number of carbonyl (C=O) groups excluding carboxylic acids is 1. The maximum Gasteiger partial charge on any atom is 0.276 e. The molecule has 1 aromatic rings. The molecule has 1 aliphatic carbocycles. The van der Waals surface area contributed by atoms with Crippen molar-refractivity contribution in [1.29, 1.82) is 0 Å². The van der Waals surface area contributed by atoms with E-state index >= 15 is 0 Å². The molecular formula is C14H23N5O. The normalized spacial score (nSPS) is 20.4. The van der Waals surface area contributed by atoms with Crippen LogP contribution < -0.4 is 5.73 Å². The van der Waals surface area contributed by atoms with Gasteiger partial charge in [-0.3, -0.25) is 14.8 Å². The van der Waals surface area contributed by atoms with Crippen molar-refractivity contribution in [3.8, 4) is 0 Å². The van der Waals surface area contributed by atoms with Gasteiger partial charge in [-0.15, -0.1) is 0 Å². The number of nitrogen functional groups attached to an aromatic ring is 1. The first-order valence-corrected chi connectivity index (χ1v) is 7.56. The third-order valence-corrected chi connectivity index (χ3v) is 4.25. The summed E-state index contributed by atoms with van der Waals surface area (Å²) >= 11 is 0. The van der Waals surface area contributed by atoms with Gasteiger partial charge in [0, 0.05) is 32.2 Å². The van der Waals surface area contributed by atoms with Crippen molar-refractivity contribution in [2.45, 2.75) is 38.6 Å². The molecule has 0 aromatic carbocycles. The molecular weight excluding hydrogens is 254 g/mol. The Labute approximate surface area is 119 Å². The maximum atomic E-state index is 12.5. The number of H-pyrrole nitrogens is 1. The molecule has 2 fully saturated rings. The predicted octanol–water partition coefficient (Wildman–Crippen LogP) is 0.865. The Kier molecular flexibility index (Phi) is 3.65. The van der Waals surface area contributed by atoms with Crippen molar-refractivity contribution in [3.63, 3.8) is 0 Å². The molecule has 110 valence electrons. The van der Waals surface area contributed by atoms with Gasteiger partial charge in [-0.05, 0) is 19.3 Å². The van der Waals surface area contributed by atoms with E-state index in [2.05, 4.69) is 22.0 Å². The molecule has 20 heavy (non-hydrogen) atoms. The number of amides is 1. The molecule has 1 saturated carbocycles. The van der Waals surface area contributed by atoms with Crippen LogP contribution in [0.15, 0.2) is 0 Å². The fourth-order valence-electron chi connectivity index (χ4n) is 2.87. The Morgan fingerprint density at radius 2 is 2.05 bits per heavy atom. The Morgan fingerprint density at radius 3 is 2.65 bits per heavy atom. The summed E-state index contributed by atoms with van der Waals surface area (Å²) in [6.07, 6.45) is 4.46. The van der Waals surface area contributed by atoms with Gasteiger partial charge in [0.2, 0.25) is 0 Å². The molecule has 0 spiro atoms. The van der Waals surface area contributed by atoms with E-state index in [-0.39, 0.29) is 5.91 Å². The standard InChI is InChI=1S/C14H23N5O/c1-2-3-11-12(15)13(17-16-11)14(20)19-8-6-18(7-9-19)10-4-5-10/h10H,2-9,15H2,1H3,(H,16,17). The van der Waals surface area contributed by atoms with Crippen LogP contribution >= 0.6 is 0 Å². The number of carbonyl (C=O) groups is 1. The highest BCUT2D eigenvalue weighted by molar-refractivity contribution is 5.97. The fourth-order valence-corrected chi connectivity index (χ4v) is 2.87. The van der Waals surface area contributed by atoms with Crippen molar-refractivity contribution in [1.82, 2.24) is 20.0 Å². The highest BCUT2D eigenvalue weighted by Gasteiger charge is 2.33. The molecule has 1 aliphatic heterocycles. The summed E-state index contributed by atoms with van der Waals surface area (Å²) in [5, 5.41) is 7.02. The van der Waals surface area contributed by atoms with Crippen LogP contribution in [0.25, 0.3) is 0 Å². The SMILES string of the molecule is CCCc1[nH]nc(C(=O)N2CCN(C3CC3)CC2)c1N. The molecule has 6 heteroatoms. The first kappa shape index (κ1) is 13.4. The summed E-state index contributed by atoms with van der Waals surface area (Å²) in [5.41, 5.74) is 7.84. The van der Waals surface area contributed by atoms with Crippen LogP contribution in [0.5, 0.6) is 0 Å². The zero-order valence-electron chi connectivity index (χ0n) is 12.1. The highest BCUT2D eigenvalue weighted by Crippen LogP contribution is 2.28. The number of aromatic amines is 1. The molecule has 3 N–H and O–H groups in total. The van der Waals surface area contributed by atoms with E-state index in [9.17, 15) is 4.79 Å². The number of hydrogen-bond acceptors (Lipinski definition) is 4. The molecule has 0 unspecified atom stereocenters. The van der Waals surface area contributed by atoms with Gasteiger partial charge in [0.25, 0.3) is 5.91 Å². The van der Waals surface area contributed by atoms with Gasteiger partial charge in [0.1, 0.15) is 0 Å². The summed E-state index contributed by atoms with van der Waals surface area (Å²) in [6, 6.07) is 0.777. The third kappa shape index (κ3) is 2.52. The zero-order chi connectivity index (χ0) is 14.1. The zero-order valence-corrected chi connectivity index (χ0v) is 12.1. The Balaban J connectivity index is 1.63. The average Bonchev–Trinajstić information content (AvgIpc) is 3.25. The Hall–Kier alpha value is -1.56. The lowest BCUT2D eigenvalue weighted by Crippen LogP contribution is -2.49. The van der Waals surface area contributed by atoms with Crippen LogP contribution in [0.1, 0.15) is 42.4 Å². The van der Waals surface area contributed by atoms with Gasteiger partial charge in [-0.25, -0.2) is 0 Å². The topological polar surface area (TPSA) is 78.2 Å². The third-order valence-electron chi connectivity index (χ3n) is 4.25. The first-order chi connectivity index (χ1) is 9.70. The summed E-state index contributed by atoms with van der Waals surface area (Å²) in [4.78, 5) is 16.8. The van der Waals surface area contributed by atoms with Crippen molar-refractivity contribution in [3.05, 3.63) is 11.4 Å². The number of rotatable bonds is 4. The van der Waals surface area contributed by atoms with Crippen LogP contribution in [0.3, 0.4) is 0 Å². The van der Waals surface area contributed by atoms with Gasteiger partial charge in [-0.2, -0.15) is 5.10 Å². The molecule has 1 aromatic heterocycles. The fraction of sp³-hybridized carbons (Fsp3) is 0.714. The van der Waals surface area contributed by atoms with E-state index in [1.165, 1.54) is 12.8 Å². The second kappa shape index (κ2) is 5.44. The number of hydrogen-bond donors (Lipinski definition) is 2. The maximum absolute atomic E-state index is 12.5. The number of nitrogens with zero attached hydrogens (tertiary/aromatic N) is 3. The summed E-state index contributed by atoms with van der Waals surface area (Å²) in [7, 11) is 0. The Bertz CT molecular complexity index is 486. The van der Waals surface area contributed by atoms with Crippen LogP contribution in [0.2, 0.25) is 0 Å². The molecule has 0 atom stereocenters. The highest BCUT2D eigenvalue weighted by atomic mass is 16.2. The first-order valence-electron chi connectivity index (χ1n) is 7.56. The number of piperazine rings is 1. The summed E-state index contributed by atoms with van der Waals surface area (Å²) < 4.78 is 0. The summed E-state index contributed by atoms with van der Waals surface area (Å²) in [5.74, 6) is -0.0310. The molecule has 2 aliphatic rings. The van der Waals surface area contributed by atoms with Gasteiger partial charge in [-0.1, -0.05) is 13.3 Å². The van der Waals surface area contributed by atoms with Crippen molar-refractivity contribution < 1.29 is 4.79 Å². The number of anilines is 1. The molecule has 2 heterocycles. The molecule has 1 amide bonds. The number of nitrogens with one attached hydrogen (secondary N) is 1. The predicted molar refractivity (Wildman–Crippen MR) is 77.5 cm³/mol. The minimum atomic E-state index is -0.0310. The van der Waals surface area contributed by atoms with Gasteiger partial charge in [0.15, 0.2) is 5.69 Å². The second-order valence-corrected chi connectivity index (χ2v) is 5.77. The monoisotopic (exact) mass is 277 g/mol. The molecule has 0 bridgehead atoms. The van der Waals surface area contributed by atoms with Crippen molar-refractivity contribution in [2.75, 3.05) is 31.9 Å². The Morgan fingerprint density at radius 1 is 1.35 bits per heavy atom. The lowest BCUT2D eigenvalue weighted by Gasteiger charge is -2.34. The lowest BCUT2D eigenvalue weighted by atomic mass is 10.2. The number of aryl methyl sites for hydroxylation is 1. The van der Waals surface area contributed by atoms with E-state index in [0.717, 1.165) is 50.8 Å². The molecule has 0 radical (unpaired) electrons. The minimum Gasteiger partial charge on any atom is -0.395 e. The van der Waals surface area contributed by atoms with E-state index in [1.54, 1.807) is 0 Å². The number of nitrogens with two attached hydrogens (primary N) is 1. The minimum absolute atomic E-state index is 0.0310. The lowest BCUT2D eigenvalue weighted by molar-refractivity contribution is 0.0622. The smallest absolute Gasteiger partial charge is 0.276 e. The summed E-state index contributed by atoms with van der Waals surface area (Å²) in [6.45, 7) is 5.60. The molecule has 1 saturated heterocycles. The largest absolute Gasteiger partial charge is 0.395 e. The quantitative estimate of drug-likeness (QED) is 0.856. The van der Waals surface area contributed by atoms with Gasteiger partial charge >= 0.3 is 0 Å². The van der Waals surface area contributed by atoms with E-state index in [4.69, 9.17) is 5.73 Å². The van der Waals surface area contributed by atoms with Crippen molar-refractivity contribution >= 4 is 11.6 Å². The van der Waals surface area contributed by atoms with Crippen LogP contribution in [-0.2, 0) is 6.42 Å². The van der Waals surface area contributed by atoms with Crippen LogP contribution in [0, 0.1) is 0 Å². The van der Waals surface area contributed by atoms with Crippen molar-refractivity contribution in [2.24, 2.45) is 0 Å². The van der Waals surface area contributed by atoms with E-state index < -0.39 is 0 Å². The average molecular weight is 277 g/mol. The molecule has 3 rings (SSSR count). The van der Waals surface area contributed by atoms with E-state index in [1.807, 2.05) is 4.90 Å². The van der Waals surface area contributed by atoms with Crippen LogP contribution in [0.4, 0.5) is 5.69 Å². The number of aromatic nitrogens is 2. The molecule has 6 nitrogen and oxygen atoms in total.